The second-order valence-electron chi connectivity index (χ2n) is 7.71. The van der Waals surface area contributed by atoms with Gasteiger partial charge in [0.15, 0.2) is 9.66 Å². The van der Waals surface area contributed by atoms with Crippen LogP contribution in [0.5, 0.6) is 0 Å². The highest BCUT2D eigenvalue weighted by Gasteiger charge is 2.16. The lowest BCUT2D eigenvalue weighted by Gasteiger charge is -1.97. The molecule has 0 unspecified atom stereocenters. The first kappa shape index (κ1) is 20.0. The molecule has 6 rings (SSSR count). The number of hydrogen-bond donors (Lipinski definition) is 0. The number of aryl methyl sites for hydroxylation is 2. The van der Waals surface area contributed by atoms with E-state index in [2.05, 4.69) is 86.6 Å². The summed E-state index contributed by atoms with van der Waals surface area (Å²) >= 11 is 6.96. The van der Waals surface area contributed by atoms with E-state index in [1.807, 2.05) is 0 Å². The van der Waals surface area contributed by atoms with E-state index >= 15 is 0 Å². The minimum absolute atomic E-state index is 1.02. The van der Waals surface area contributed by atoms with Crippen molar-refractivity contribution >= 4 is 55.0 Å². The van der Waals surface area contributed by atoms with Crippen LogP contribution >= 0.6 is 45.3 Å². The average Bonchev–Trinajstić information content (AvgIpc) is 3.56. The monoisotopic (exact) mass is 486 g/mol. The van der Waals surface area contributed by atoms with Gasteiger partial charge in [-0.2, -0.15) is 0 Å². The minimum atomic E-state index is 1.02. The quantitative estimate of drug-likeness (QED) is 0.248. The third-order valence-corrected chi connectivity index (χ3v) is 9.92. The zero-order valence-corrected chi connectivity index (χ0v) is 20.7. The Hall–Kier alpha value is -2.64. The third kappa shape index (κ3) is 3.73. The molecule has 0 radical (unpaired) electrons. The van der Waals surface area contributed by atoms with Crippen molar-refractivity contribution in [3.05, 3.63) is 83.9 Å². The van der Waals surface area contributed by atoms with Crippen LogP contribution < -0.4 is 0 Å². The Morgan fingerprint density at radius 2 is 0.812 bits per heavy atom. The lowest BCUT2D eigenvalue weighted by Crippen LogP contribution is -1.73. The van der Waals surface area contributed by atoms with Crippen molar-refractivity contribution in [1.82, 2.24) is 9.97 Å². The molecule has 2 aromatic carbocycles. The molecule has 0 atom stereocenters. The number of nitrogens with zero attached hydrogens (tertiary/aromatic N) is 2. The summed E-state index contributed by atoms with van der Waals surface area (Å²) in [6.45, 7) is 4.24. The van der Waals surface area contributed by atoms with Crippen molar-refractivity contribution in [2.75, 3.05) is 0 Å². The molecule has 0 aliphatic carbocycles. The molecule has 2 nitrogen and oxygen atoms in total. The number of benzene rings is 2. The summed E-state index contributed by atoms with van der Waals surface area (Å²) in [6.07, 6.45) is 0. The van der Waals surface area contributed by atoms with Crippen LogP contribution in [0.2, 0.25) is 0 Å². The number of aromatic nitrogens is 2. The summed E-state index contributed by atoms with van der Waals surface area (Å²) < 4.78 is 0. The zero-order chi connectivity index (χ0) is 21.7. The number of fused-ring (bicyclic) bond motifs is 1. The summed E-state index contributed by atoms with van der Waals surface area (Å²) in [7, 11) is 0. The maximum Gasteiger partial charge on any atom is 0.155 e. The standard InChI is InChI=1S/C26H18N2S4/c1-15-3-7-17(8-4-15)19-11-13-21(29-19)23-27-25-26(31-23)28-24(32-25)22-14-12-20(30-22)18-9-5-16(2)6-10-18/h3-14H,1-2H3. The highest BCUT2D eigenvalue weighted by Crippen LogP contribution is 2.42. The summed E-state index contributed by atoms with van der Waals surface area (Å²) in [6, 6.07) is 26.1. The van der Waals surface area contributed by atoms with Gasteiger partial charge in [0.1, 0.15) is 10.0 Å². The van der Waals surface area contributed by atoms with Crippen molar-refractivity contribution in [2.45, 2.75) is 13.8 Å². The molecule has 0 fully saturated rings. The van der Waals surface area contributed by atoms with E-state index in [4.69, 9.17) is 9.97 Å². The van der Waals surface area contributed by atoms with Gasteiger partial charge in [-0.3, -0.25) is 0 Å². The molecule has 6 aromatic rings. The average molecular weight is 487 g/mol. The molecule has 0 saturated heterocycles. The Morgan fingerprint density at radius 1 is 0.438 bits per heavy atom. The third-order valence-electron chi connectivity index (χ3n) is 5.28. The number of rotatable bonds is 4. The van der Waals surface area contributed by atoms with Crippen LogP contribution in [0.15, 0.2) is 72.8 Å². The van der Waals surface area contributed by atoms with Gasteiger partial charge in [-0.25, -0.2) is 9.97 Å². The molecule has 32 heavy (non-hydrogen) atoms. The first-order chi connectivity index (χ1) is 15.6. The van der Waals surface area contributed by atoms with Gasteiger partial charge >= 0.3 is 0 Å². The van der Waals surface area contributed by atoms with E-state index in [0.29, 0.717) is 0 Å². The van der Waals surface area contributed by atoms with Gasteiger partial charge in [0.05, 0.1) is 9.75 Å². The van der Waals surface area contributed by atoms with Gasteiger partial charge in [0.25, 0.3) is 0 Å². The molecule has 0 saturated carbocycles. The van der Waals surface area contributed by atoms with E-state index in [1.54, 1.807) is 45.3 Å². The lowest BCUT2D eigenvalue weighted by atomic mass is 10.1. The van der Waals surface area contributed by atoms with Crippen LogP contribution in [0, 0.1) is 13.8 Å². The maximum absolute atomic E-state index is 4.91. The fourth-order valence-electron chi connectivity index (χ4n) is 3.50. The summed E-state index contributed by atoms with van der Waals surface area (Å²) in [5.41, 5.74) is 5.08. The molecular formula is C26H18N2S4. The maximum atomic E-state index is 4.91. The van der Waals surface area contributed by atoms with Crippen LogP contribution in [0.3, 0.4) is 0 Å². The van der Waals surface area contributed by atoms with Crippen LogP contribution in [0.1, 0.15) is 11.1 Å². The van der Waals surface area contributed by atoms with E-state index < -0.39 is 0 Å². The molecule has 0 N–H and O–H groups in total. The molecule has 156 valence electrons. The minimum Gasteiger partial charge on any atom is -0.222 e. The molecule has 0 aliphatic heterocycles. The first-order valence-electron chi connectivity index (χ1n) is 10.2. The molecule has 0 amide bonds. The van der Waals surface area contributed by atoms with Gasteiger partial charge in [0, 0.05) is 9.75 Å². The lowest BCUT2D eigenvalue weighted by molar-refractivity contribution is 1.48. The number of hydrogen-bond acceptors (Lipinski definition) is 6. The van der Waals surface area contributed by atoms with E-state index in [0.717, 1.165) is 19.7 Å². The largest absolute Gasteiger partial charge is 0.222 e. The predicted octanol–water partition coefficient (Wildman–Crippen LogP) is 9.16. The van der Waals surface area contributed by atoms with Crippen molar-refractivity contribution in [3.8, 4) is 40.7 Å². The van der Waals surface area contributed by atoms with Gasteiger partial charge in [-0.15, -0.1) is 22.7 Å². The Kier molecular flexibility index (Phi) is 5.03. The molecule has 0 spiro atoms. The Bertz CT molecular complexity index is 1380. The zero-order valence-electron chi connectivity index (χ0n) is 17.5. The predicted molar refractivity (Wildman–Crippen MR) is 142 cm³/mol. The molecule has 0 bridgehead atoms. The van der Waals surface area contributed by atoms with Gasteiger partial charge in [-0.1, -0.05) is 82.3 Å². The molecule has 4 heterocycles. The van der Waals surface area contributed by atoms with Crippen LogP contribution in [-0.4, -0.2) is 9.97 Å². The Balaban J connectivity index is 1.27. The first-order valence-corrected chi connectivity index (χ1v) is 13.5. The Morgan fingerprint density at radius 3 is 1.22 bits per heavy atom. The highest BCUT2D eigenvalue weighted by atomic mass is 32.1. The second kappa shape index (κ2) is 8.05. The summed E-state index contributed by atoms with van der Waals surface area (Å²) in [5, 5.41) is 2.11. The molecule has 4 aromatic heterocycles. The van der Waals surface area contributed by atoms with Crippen molar-refractivity contribution in [1.29, 1.82) is 0 Å². The van der Waals surface area contributed by atoms with Gasteiger partial charge in [-0.05, 0) is 49.2 Å². The van der Waals surface area contributed by atoms with Gasteiger partial charge in [0.2, 0.25) is 0 Å². The van der Waals surface area contributed by atoms with Crippen LogP contribution in [-0.2, 0) is 0 Å². The second-order valence-corrected chi connectivity index (χ2v) is 11.8. The molecule has 6 heteroatoms. The van der Waals surface area contributed by atoms with E-state index in [9.17, 15) is 0 Å². The van der Waals surface area contributed by atoms with Crippen LogP contribution in [0.25, 0.3) is 50.3 Å². The number of thiophene rings is 2. The van der Waals surface area contributed by atoms with Gasteiger partial charge < -0.3 is 0 Å². The van der Waals surface area contributed by atoms with E-state index in [-0.39, 0.29) is 0 Å². The fraction of sp³-hybridized carbons (Fsp3) is 0.0769. The Labute approximate surface area is 202 Å². The van der Waals surface area contributed by atoms with Crippen molar-refractivity contribution in [3.63, 3.8) is 0 Å². The summed E-state index contributed by atoms with van der Waals surface area (Å²) in [4.78, 5) is 16.8. The van der Waals surface area contributed by atoms with Crippen molar-refractivity contribution in [2.24, 2.45) is 0 Å². The topological polar surface area (TPSA) is 25.8 Å². The molecular weight excluding hydrogens is 469 g/mol. The normalized spacial score (nSPS) is 11.4. The fourth-order valence-corrected chi connectivity index (χ4v) is 7.68. The van der Waals surface area contributed by atoms with Crippen LogP contribution in [0.4, 0.5) is 0 Å². The SMILES string of the molecule is Cc1ccc(-c2ccc(-c3nc4sc(-c5ccc(-c6ccc(C)cc6)s5)nc4s3)s2)cc1. The smallest absolute Gasteiger partial charge is 0.155 e. The highest BCUT2D eigenvalue weighted by molar-refractivity contribution is 7.32. The van der Waals surface area contributed by atoms with Crippen molar-refractivity contribution < 1.29 is 0 Å². The molecule has 0 aliphatic rings. The number of thiazole rings is 2. The summed E-state index contributed by atoms with van der Waals surface area (Å²) in [5.74, 6) is 0. The van der Waals surface area contributed by atoms with E-state index in [1.165, 1.54) is 41.8 Å².